The van der Waals surface area contributed by atoms with E-state index < -0.39 is 11.2 Å². The molecule has 1 aliphatic heterocycles. The van der Waals surface area contributed by atoms with Gasteiger partial charge in [-0.25, -0.2) is 9.37 Å². The molecule has 0 N–H and O–H groups in total. The molecule has 0 unspecified atom stereocenters. The average molecular weight is 463 g/mol. The highest BCUT2D eigenvalue weighted by atomic mass is 19.1. The van der Waals surface area contributed by atoms with Gasteiger partial charge >= 0.3 is 0 Å². The fourth-order valence-electron chi connectivity index (χ4n) is 5.37. The summed E-state index contributed by atoms with van der Waals surface area (Å²) in [5, 5.41) is 0. The van der Waals surface area contributed by atoms with Crippen molar-refractivity contribution >= 4 is 23.4 Å². The molecule has 1 aliphatic carbocycles. The molecule has 5 rings (SSSR count). The third-order valence-corrected chi connectivity index (χ3v) is 7.19. The second-order valence-corrected chi connectivity index (χ2v) is 9.38. The summed E-state index contributed by atoms with van der Waals surface area (Å²) in [5.41, 5.74) is 0.584. The Labute approximate surface area is 197 Å². The van der Waals surface area contributed by atoms with Crippen LogP contribution in [0.15, 0.2) is 54.9 Å². The van der Waals surface area contributed by atoms with Crippen LogP contribution in [-0.2, 0) is 26.3 Å². The maximum Gasteiger partial charge on any atom is 0.241 e. The summed E-state index contributed by atoms with van der Waals surface area (Å²) in [6.07, 6.45) is 6.76. The first-order valence-corrected chi connectivity index (χ1v) is 11.7. The number of aromatic nitrogens is 2. The predicted octanol–water partition coefficient (Wildman–Crippen LogP) is 3.46. The van der Waals surface area contributed by atoms with Crippen LogP contribution in [0.4, 0.5) is 4.39 Å². The van der Waals surface area contributed by atoms with Gasteiger partial charge in [-0.05, 0) is 42.7 Å². The number of carbonyl (C=O) groups excluding carboxylic acids is 3. The minimum Gasteiger partial charge on any atom is -0.340 e. The number of nitrogens with zero attached hydrogens (tertiary/aromatic N) is 4. The second kappa shape index (κ2) is 8.66. The number of amides is 3. The number of imide groups is 1. The first kappa shape index (κ1) is 22.3. The Morgan fingerprint density at radius 1 is 1.18 bits per heavy atom. The summed E-state index contributed by atoms with van der Waals surface area (Å²) < 4.78 is 16.1. The summed E-state index contributed by atoms with van der Waals surface area (Å²) in [6.45, 7) is 0.289. The van der Waals surface area contributed by atoms with Crippen LogP contribution < -0.4 is 0 Å². The van der Waals surface area contributed by atoms with Crippen molar-refractivity contribution in [1.82, 2.24) is 19.2 Å². The number of fused-ring (bicyclic) bond motifs is 1. The van der Waals surface area contributed by atoms with Gasteiger partial charge in [-0.2, -0.15) is 0 Å². The Morgan fingerprint density at radius 2 is 1.97 bits per heavy atom. The van der Waals surface area contributed by atoms with E-state index in [4.69, 9.17) is 0 Å². The second-order valence-electron chi connectivity index (χ2n) is 9.38. The van der Waals surface area contributed by atoms with Gasteiger partial charge in [0.25, 0.3) is 0 Å². The lowest BCUT2D eigenvalue weighted by Gasteiger charge is -2.30. The lowest BCUT2D eigenvalue weighted by Crippen LogP contribution is -2.45. The lowest BCUT2D eigenvalue weighted by atomic mass is 9.75. The fourth-order valence-corrected chi connectivity index (χ4v) is 5.37. The fraction of sp³-hybridized carbons (Fsp3) is 0.385. The number of benzene rings is 1. The molecule has 8 heteroatoms. The van der Waals surface area contributed by atoms with E-state index in [-0.39, 0.29) is 43.1 Å². The Morgan fingerprint density at radius 3 is 2.74 bits per heavy atom. The van der Waals surface area contributed by atoms with Crippen LogP contribution in [0.25, 0.3) is 5.65 Å². The van der Waals surface area contributed by atoms with Crippen LogP contribution in [0.3, 0.4) is 0 Å². The highest BCUT2D eigenvalue weighted by molar-refractivity contribution is 6.11. The van der Waals surface area contributed by atoms with Crippen molar-refractivity contribution < 1.29 is 18.8 Å². The van der Waals surface area contributed by atoms with Crippen molar-refractivity contribution in [1.29, 1.82) is 0 Å². The molecule has 1 saturated carbocycles. The zero-order valence-corrected chi connectivity index (χ0v) is 19.1. The first-order chi connectivity index (χ1) is 16.4. The van der Waals surface area contributed by atoms with Crippen molar-refractivity contribution in [2.45, 2.75) is 56.5 Å². The van der Waals surface area contributed by atoms with Crippen molar-refractivity contribution in [2.24, 2.45) is 0 Å². The summed E-state index contributed by atoms with van der Waals surface area (Å²) in [5.74, 6) is -1.45. The van der Waals surface area contributed by atoms with E-state index in [2.05, 4.69) is 4.98 Å². The Hall–Kier alpha value is -3.55. The van der Waals surface area contributed by atoms with E-state index in [0.29, 0.717) is 5.56 Å². The van der Waals surface area contributed by atoms with Gasteiger partial charge in [-0.1, -0.05) is 31.0 Å². The van der Waals surface area contributed by atoms with Crippen molar-refractivity contribution in [3.63, 3.8) is 0 Å². The van der Waals surface area contributed by atoms with E-state index in [9.17, 15) is 18.8 Å². The quantitative estimate of drug-likeness (QED) is 0.526. The summed E-state index contributed by atoms with van der Waals surface area (Å²) >= 11 is 0. The summed E-state index contributed by atoms with van der Waals surface area (Å²) in [6, 6.07) is 11.3. The van der Waals surface area contributed by atoms with Crippen LogP contribution in [0, 0.1) is 5.82 Å². The van der Waals surface area contributed by atoms with Gasteiger partial charge in [0.2, 0.25) is 17.7 Å². The zero-order valence-electron chi connectivity index (χ0n) is 19.1. The molecule has 34 heavy (non-hydrogen) atoms. The molecule has 7 nitrogen and oxygen atoms in total. The molecule has 2 aromatic heterocycles. The van der Waals surface area contributed by atoms with Crippen molar-refractivity contribution in [2.75, 3.05) is 7.05 Å². The summed E-state index contributed by atoms with van der Waals surface area (Å²) in [7, 11) is 1.67. The SMILES string of the molecule is CN(Cc1cnc2ccccn12)C(=O)C[C@]1(c2cccc(F)c2)CC(=O)N(C2CCCC2)C1=O. The highest BCUT2D eigenvalue weighted by Gasteiger charge is 2.55. The normalized spacial score (nSPS) is 21.1. The smallest absolute Gasteiger partial charge is 0.241 e. The maximum atomic E-state index is 14.2. The molecule has 3 heterocycles. The van der Waals surface area contributed by atoms with Crippen LogP contribution in [-0.4, -0.2) is 50.0 Å². The standard InChI is InChI=1S/C26H27FN4O3/c1-29(17-21-16-28-22-11-4-5-12-30(21)22)23(32)14-26(18-7-6-8-19(27)13-18)15-24(33)31(25(26)34)20-9-2-3-10-20/h4-8,11-13,16,20H,2-3,9-10,14-15,17H2,1H3/t26-/m1/s1. The van der Waals surface area contributed by atoms with Gasteiger partial charge in [0.1, 0.15) is 11.5 Å². The molecule has 0 radical (unpaired) electrons. The molecule has 1 aromatic carbocycles. The lowest BCUT2D eigenvalue weighted by molar-refractivity contribution is -0.144. The molecule has 3 amide bonds. The van der Waals surface area contributed by atoms with Crippen molar-refractivity contribution in [3.05, 3.63) is 71.9 Å². The maximum absolute atomic E-state index is 14.2. The predicted molar refractivity (Wildman–Crippen MR) is 123 cm³/mol. The number of hydrogen-bond acceptors (Lipinski definition) is 4. The topological polar surface area (TPSA) is 75.0 Å². The molecule has 1 atom stereocenters. The van der Waals surface area contributed by atoms with Gasteiger partial charge in [0.15, 0.2) is 0 Å². The molecule has 3 aromatic rings. The third-order valence-electron chi connectivity index (χ3n) is 7.19. The van der Waals surface area contributed by atoms with E-state index >= 15 is 0 Å². The molecule has 0 spiro atoms. The average Bonchev–Trinajstić information content (AvgIpc) is 3.54. The number of halogens is 1. The molecule has 2 fully saturated rings. The molecule has 0 bridgehead atoms. The summed E-state index contributed by atoms with van der Waals surface area (Å²) in [4.78, 5) is 47.5. The largest absolute Gasteiger partial charge is 0.340 e. The number of rotatable bonds is 6. The van der Waals surface area contributed by atoms with Gasteiger partial charge < -0.3 is 9.30 Å². The van der Waals surface area contributed by atoms with E-state index in [1.54, 1.807) is 19.3 Å². The Kier molecular flexibility index (Phi) is 5.67. The number of likely N-dealkylation sites (tertiary alicyclic amines) is 1. The van der Waals surface area contributed by atoms with Crippen LogP contribution in [0.2, 0.25) is 0 Å². The number of carbonyl (C=O) groups is 3. The van der Waals surface area contributed by atoms with E-state index in [1.165, 1.54) is 28.0 Å². The number of imidazole rings is 1. The number of hydrogen-bond donors (Lipinski definition) is 0. The molecular formula is C26H27FN4O3. The Bertz CT molecular complexity index is 1270. The van der Waals surface area contributed by atoms with Gasteiger partial charge in [0, 0.05) is 32.1 Å². The van der Waals surface area contributed by atoms with Gasteiger partial charge in [-0.3, -0.25) is 19.3 Å². The minimum atomic E-state index is -1.40. The minimum absolute atomic E-state index is 0.124. The zero-order chi connectivity index (χ0) is 23.9. The molecule has 1 saturated heterocycles. The van der Waals surface area contributed by atoms with Gasteiger partial charge in [-0.15, -0.1) is 0 Å². The molecule has 2 aliphatic rings. The molecule has 176 valence electrons. The number of pyridine rings is 1. The van der Waals surface area contributed by atoms with E-state index in [0.717, 1.165) is 37.0 Å². The van der Waals surface area contributed by atoms with Crippen LogP contribution >= 0.6 is 0 Å². The van der Waals surface area contributed by atoms with Crippen LogP contribution in [0.5, 0.6) is 0 Å². The Balaban J connectivity index is 1.44. The molecular weight excluding hydrogens is 435 g/mol. The third kappa shape index (κ3) is 3.77. The highest BCUT2D eigenvalue weighted by Crippen LogP contribution is 2.43. The monoisotopic (exact) mass is 462 g/mol. The first-order valence-electron chi connectivity index (χ1n) is 11.7. The van der Waals surface area contributed by atoms with Crippen molar-refractivity contribution in [3.8, 4) is 0 Å². The van der Waals surface area contributed by atoms with E-state index in [1.807, 2.05) is 28.8 Å². The van der Waals surface area contributed by atoms with Gasteiger partial charge in [0.05, 0.1) is 23.9 Å². The van der Waals surface area contributed by atoms with Crippen LogP contribution in [0.1, 0.15) is 49.8 Å².